The van der Waals surface area contributed by atoms with Crippen LogP contribution in [0.4, 0.5) is 0 Å². The van der Waals surface area contributed by atoms with Crippen LogP contribution in [0.3, 0.4) is 0 Å². The Morgan fingerprint density at radius 1 is 0.914 bits per heavy atom. The maximum Gasteiger partial charge on any atom is 0.242 e. The lowest BCUT2D eigenvalue weighted by atomic mass is 9.57. The van der Waals surface area contributed by atoms with E-state index in [-0.39, 0.29) is 17.2 Å². The van der Waals surface area contributed by atoms with Gasteiger partial charge in [0.15, 0.2) is 5.54 Å². The summed E-state index contributed by atoms with van der Waals surface area (Å²) in [5.74, 6) is 1.61. The van der Waals surface area contributed by atoms with Gasteiger partial charge in [0.25, 0.3) is 0 Å². The van der Waals surface area contributed by atoms with Crippen molar-refractivity contribution >= 4 is 10.9 Å². The van der Waals surface area contributed by atoms with Gasteiger partial charge in [0.05, 0.1) is 11.0 Å². The molecule has 2 atom stereocenters. The standard InChI is InChI=1S/C32H38NO2/c1-8-31(7)30-22(4)18-21(3)19-26(30)28-15-14-25-12-10-11-13-27(25)33(28)32(31,9-2)17-16-29-34-23(5)20-24(6)35-29/h10-15,18-19,29H,8-9,16-17H2,1-7H3/q+1. The van der Waals surface area contributed by atoms with E-state index < -0.39 is 0 Å². The lowest BCUT2D eigenvalue weighted by Gasteiger charge is -2.49. The zero-order valence-corrected chi connectivity index (χ0v) is 22.3. The van der Waals surface area contributed by atoms with Crippen molar-refractivity contribution in [2.45, 2.75) is 91.4 Å². The van der Waals surface area contributed by atoms with Crippen molar-refractivity contribution in [3.63, 3.8) is 0 Å². The van der Waals surface area contributed by atoms with Gasteiger partial charge in [-0.15, -0.1) is 0 Å². The summed E-state index contributed by atoms with van der Waals surface area (Å²) in [6.07, 6.45) is 3.57. The summed E-state index contributed by atoms with van der Waals surface area (Å²) in [6, 6.07) is 18.2. The van der Waals surface area contributed by atoms with Crippen LogP contribution in [0.5, 0.6) is 0 Å². The molecule has 3 nitrogen and oxygen atoms in total. The van der Waals surface area contributed by atoms with Crippen LogP contribution in [0, 0.1) is 13.8 Å². The van der Waals surface area contributed by atoms with Crippen LogP contribution in [-0.2, 0) is 20.4 Å². The van der Waals surface area contributed by atoms with Crippen LogP contribution in [0.1, 0.15) is 77.0 Å². The quantitative estimate of drug-likeness (QED) is 0.282. The average molecular weight is 469 g/mol. The molecule has 0 radical (unpaired) electrons. The Balaban J connectivity index is 1.77. The maximum absolute atomic E-state index is 6.08. The Labute approximate surface area is 210 Å². The normalized spacial score (nSPS) is 23.6. The van der Waals surface area contributed by atoms with E-state index in [1.54, 1.807) is 0 Å². The second kappa shape index (κ2) is 8.57. The molecule has 2 aliphatic heterocycles. The molecule has 3 heteroatoms. The second-order valence-corrected chi connectivity index (χ2v) is 10.6. The summed E-state index contributed by atoms with van der Waals surface area (Å²) in [4.78, 5) is 0. The Morgan fingerprint density at radius 3 is 2.31 bits per heavy atom. The fourth-order valence-corrected chi connectivity index (χ4v) is 7.08. The largest absolute Gasteiger partial charge is 0.451 e. The first-order chi connectivity index (χ1) is 16.7. The molecule has 5 rings (SSSR count). The smallest absolute Gasteiger partial charge is 0.242 e. The SMILES string of the molecule is CCC1(C)c2c(C)cc(C)cc2-c2ccc3ccccc3[n+]2C1(CC)CCC1OC(C)=C=C(C)O1. The summed E-state index contributed by atoms with van der Waals surface area (Å²) in [6.45, 7) is 15.7. The molecule has 2 aromatic carbocycles. The average Bonchev–Trinajstić information content (AvgIpc) is 2.82. The van der Waals surface area contributed by atoms with Gasteiger partial charge in [-0.25, -0.2) is 0 Å². The van der Waals surface area contributed by atoms with Crippen LogP contribution >= 0.6 is 0 Å². The van der Waals surface area contributed by atoms with E-state index in [2.05, 4.69) is 93.4 Å². The zero-order chi connectivity index (χ0) is 25.0. The second-order valence-electron chi connectivity index (χ2n) is 10.6. The molecule has 0 spiro atoms. The topological polar surface area (TPSA) is 22.3 Å². The highest BCUT2D eigenvalue weighted by atomic mass is 16.7. The van der Waals surface area contributed by atoms with Gasteiger partial charge < -0.3 is 9.47 Å². The summed E-state index contributed by atoms with van der Waals surface area (Å²) < 4.78 is 14.8. The number of aromatic nitrogens is 1. The fraction of sp³-hybridized carbons (Fsp3) is 0.438. The Morgan fingerprint density at radius 2 is 1.63 bits per heavy atom. The summed E-state index contributed by atoms with van der Waals surface area (Å²) in [7, 11) is 0. The molecule has 0 bridgehead atoms. The molecular weight excluding hydrogens is 430 g/mol. The predicted molar refractivity (Wildman–Crippen MR) is 142 cm³/mol. The van der Waals surface area contributed by atoms with Crippen LogP contribution in [0.2, 0.25) is 0 Å². The van der Waals surface area contributed by atoms with E-state index in [4.69, 9.17) is 9.47 Å². The fourth-order valence-electron chi connectivity index (χ4n) is 7.08. The Kier molecular flexibility index (Phi) is 5.80. The lowest BCUT2D eigenvalue weighted by Crippen LogP contribution is -2.69. The van der Waals surface area contributed by atoms with E-state index in [0.717, 1.165) is 37.2 Å². The van der Waals surface area contributed by atoms with Crippen molar-refractivity contribution in [1.82, 2.24) is 0 Å². The number of hydrogen-bond acceptors (Lipinski definition) is 2. The van der Waals surface area contributed by atoms with E-state index in [9.17, 15) is 0 Å². The number of nitrogens with zero attached hydrogens (tertiary/aromatic N) is 1. The van der Waals surface area contributed by atoms with Crippen molar-refractivity contribution in [2.24, 2.45) is 0 Å². The van der Waals surface area contributed by atoms with Gasteiger partial charge >= 0.3 is 0 Å². The number of aryl methyl sites for hydroxylation is 2. The van der Waals surface area contributed by atoms with Crippen molar-refractivity contribution in [3.05, 3.63) is 82.5 Å². The third kappa shape index (κ3) is 3.52. The molecular formula is C32H38NO2+. The van der Waals surface area contributed by atoms with Gasteiger partial charge in [0.1, 0.15) is 11.5 Å². The van der Waals surface area contributed by atoms with Gasteiger partial charge in [-0.2, -0.15) is 4.57 Å². The minimum Gasteiger partial charge on any atom is -0.451 e. The van der Waals surface area contributed by atoms with E-state index >= 15 is 0 Å². The molecule has 3 heterocycles. The highest BCUT2D eigenvalue weighted by molar-refractivity contribution is 5.79. The molecule has 0 saturated carbocycles. The van der Waals surface area contributed by atoms with Gasteiger partial charge in [-0.1, -0.05) is 37.6 Å². The molecule has 2 aliphatic rings. The molecule has 182 valence electrons. The summed E-state index contributed by atoms with van der Waals surface area (Å²) >= 11 is 0. The number of hydrogen-bond donors (Lipinski definition) is 0. The number of rotatable bonds is 5. The van der Waals surface area contributed by atoms with Crippen LogP contribution in [-0.4, -0.2) is 6.29 Å². The van der Waals surface area contributed by atoms with Gasteiger partial charge in [-0.3, -0.25) is 0 Å². The van der Waals surface area contributed by atoms with E-state index in [1.165, 1.54) is 38.9 Å². The number of benzene rings is 2. The Bertz CT molecular complexity index is 1360. The van der Waals surface area contributed by atoms with Crippen molar-refractivity contribution in [2.75, 3.05) is 0 Å². The first-order valence-corrected chi connectivity index (χ1v) is 13.1. The number of para-hydroxylation sites is 1. The monoisotopic (exact) mass is 468 g/mol. The minimum absolute atomic E-state index is 0.0545. The highest BCUT2D eigenvalue weighted by Gasteiger charge is 2.60. The first kappa shape index (κ1) is 23.7. The summed E-state index contributed by atoms with van der Waals surface area (Å²) in [5, 5.41) is 1.28. The van der Waals surface area contributed by atoms with Crippen LogP contribution in [0.15, 0.2) is 65.8 Å². The third-order valence-corrected chi connectivity index (χ3v) is 8.66. The third-order valence-electron chi connectivity index (χ3n) is 8.66. The van der Waals surface area contributed by atoms with Crippen molar-refractivity contribution < 1.29 is 14.0 Å². The van der Waals surface area contributed by atoms with Crippen molar-refractivity contribution in [3.8, 4) is 11.3 Å². The number of ether oxygens (including phenoxy) is 2. The minimum atomic E-state index is -0.277. The van der Waals surface area contributed by atoms with Crippen LogP contribution in [0.25, 0.3) is 22.2 Å². The van der Waals surface area contributed by atoms with Crippen molar-refractivity contribution in [1.29, 1.82) is 0 Å². The van der Waals surface area contributed by atoms with E-state index in [1.807, 2.05) is 13.8 Å². The molecule has 1 aromatic heterocycles. The first-order valence-electron chi connectivity index (χ1n) is 13.1. The molecule has 0 N–H and O–H groups in total. The Hall–Kier alpha value is -3.03. The van der Waals surface area contributed by atoms with Gasteiger partial charge in [-0.05, 0) is 62.2 Å². The van der Waals surface area contributed by atoms with Gasteiger partial charge in [0.2, 0.25) is 17.5 Å². The highest BCUT2D eigenvalue weighted by Crippen LogP contribution is 2.53. The molecule has 35 heavy (non-hydrogen) atoms. The number of fused-ring (bicyclic) bond motifs is 5. The number of pyridine rings is 1. The zero-order valence-electron chi connectivity index (χ0n) is 22.3. The van der Waals surface area contributed by atoms with E-state index in [0.29, 0.717) is 0 Å². The lowest BCUT2D eigenvalue weighted by molar-refractivity contribution is -0.748. The molecule has 0 aliphatic carbocycles. The molecule has 0 fully saturated rings. The molecule has 0 amide bonds. The van der Waals surface area contributed by atoms with Gasteiger partial charge in [0, 0.05) is 50.6 Å². The summed E-state index contributed by atoms with van der Waals surface area (Å²) in [5.41, 5.74) is 11.2. The molecule has 3 aromatic rings. The molecule has 0 saturated heterocycles. The van der Waals surface area contributed by atoms with Crippen LogP contribution < -0.4 is 4.57 Å². The number of allylic oxidation sites excluding steroid dienone is 1. The predicted octanol–water partition coefficient (Wildman–Crippen LogP) is 7.76. The molecule has 2 unspecified atom stereocenters. The maximum atomic E-state index is 6.08.